The van der Waals surface area contributed by atoms with Crippen molar-refractivity contribution < 1.29 is 4.79 Å². The summed E-state index contributed by atoms with van der Waals surface area (Å²) in [6, 6.07) is 10.1. The van der Waals surface area contributed by atoms with E-state index in [1.807, 2.05) is 37.4 Å². The topological polar surface area (TPSA) is 46.1 Å². The van der Waals surface area contributed by atoms with Gasteiger partial charge in [0.2, 0.25) is 5.91 Å². The second kappa shape index (κ2) is 7.97. The monoisotopic (exact) mass is 371 g/mol. The minimum Gasteiger partial charge on any atom is -0.341 e. The molecule has 2 heterocycles. The summed E-state index contributed by atoms with van der Waals surface area (Å²) < 4.78 is 0. The number of thioether (sulfide) groups is 1. The van der Waals surface area contributed by atoms with Crippen molar-refractivity contribution in [2.75, 3.05) is 12.8 Å². The molecular weight excluding hydrogens is 350 g/mol. The Bertz CT molecular complexity index is 877. The summed E-state index contributed by atoms with van der Waals surface area (Å²) in [5.41, 5.74) is 2.39. The number of hydrogen-bond donors (Lipinski definition) is 0. The molecule has 0 saturated heterocycles. The van der Waals surface area contributed by atoms with Crippen molar-refractivity contribution in [2.45, 2.75) is 31.8 Å². The number of thiophene rings is 1. The summed E-state index contributed by atoms with van der Waals surface area (Å²) in [7, 11) is 1.86. The smallest absolute Gasteiger partial charge is 0.223 e. The Morgan fingerprint density at radius 1 is 1.20 bits per heavy atom. The Kier molecular flexibility index (Phi) is 5.71. The number of carbonyl (C=O) groups is 1. The Morgan fingerprint density at radius 3 is 2.72 bits per heavy atom. The van der Waals surface area contributed by atoms with Crippen molar-refractivity contribution in [2.24, 2.45) is 0 Å². The maximum atomic E-state index is 12.4. The molecule has 25 heavy (non-hydrogen) atoms. The molecule has 0 aliphatic carbocycles. The highest BCUT2D eigenvalue weighted by Crippen LogP contribution is 2.34. The van der Waals surface area contributed by atoms with E-state index in [-0.39, 0.29) is 5.91 Å². The van der Waals surface area contributed by atoms with Crippen LogP contribution in [0.5, 0.6) is 0 Å². The predicted molar refractivity (Wildman–Crippen MR) is 105 cm³/mol. The Hall–Kier alpha value is -1.92. The van der Waals surface area contributed by atoms with Gasteiger partial charge in [-0.1, -0.05) is 30.3 Å². The van der Waals surface area contributed by atoms with Crippen LogP contribution in [0.25, 0.3) is 10.2 Å². The number of rotatable bonds is 6. The second-order valence-electron chi connectivity index (χ2n) is 5.98. The molecule has 1 aromatic carbocycles. The van der Waals surface area contributed by atoms with Crippen LogP contribution in [-0.4, -0.2) is 33.6 Å². The maximum Gasteiger partial charge on any atom is 0.223 e. The molecule has 0 spiro atoms. The molecule has 6 heteroatoms. The zero-order valence-corrected chi connectivity index (χ0v) is 16.3. The van der Waals surface area contributed by atoms with Crippen LogP contribution in [0, 0.1) is 13.8 Å². The minimum absolute atomic E-state index is 0.153. The lowest BCUT2D eigenvalue weighted by molar-refractivity contribution is -0.129. The second-order valence-corrected chi connectivity index (χ2v) is 8.26. The molecule has 0 bridgehead atoms. The highest BCUT2D eigenvalue weighted by Gasteiger charge is 2.14. The molecule has 0 saturated carbocycles. The average Bonchev–Trinajstić information content (AvgIpc) is 2.91. The summed E-state index contributed by atoms with van der Waals surface area (Å²) in [5, 5.41) is 2.12. The third-order valence-electron chi connectivity index (χ3n) is 4.17. The largest absolute Gasteiger partial charge is 0.341 e. The zero-order chi connectivity index (χ0) is 17.8. The summed E-state index contributed by atoms with van der Waals surface area (Å²) in [6.07, 6.45) is 2.12. The van der Waals surface area contributed by atoms with Crippen molar-refractivity contribution in [3.05, 3.63) is 52.7 Å². The van der Waals surface area contributed by atoms with Gasteiger partial charge in [-0.2, -0.15) is 0 Å². The van der Waals surface area contributed by atoms with Crippen LogP contribution in [0.3, 0.4) is 0 Å². The van der Waals surface area contributed by atoms with Gasteiger partial charge in [-0.3, -0.25) is 4.79 Å². The van der Waals surface area contributed by atoms with Gasteiger partial charge in [-0.15, -0.1) is 23.1 Å². The van der Waals surface area contributed by atoms with Gasteiger partial charge in [0.25, 0.3) is 0 Å². The lowest BCUT2D eigenvalue weighted by atomic mass is 10.2. The van der Waals surface area contributed by atoms with E-state index in [1.54, 1.807) is 34.3 Å². The van der Waals surface area contributed by atoms with E-state index in [0.717, 1.165) is 26.6 Å². The van der Waals surface area contributed by atoms with E-state index in [1.165, 1.54) is 10.4 Å². The van der Waals surface area contributed by atoms with Crippen LogP contribution >= 0.6 is 23.1 Å². The highest BCUT2D eigenvalue weighted by molar-refractivity contribution is 7.99. The van der Waals surface area contributed by atoms with Gasteiger partial charge in [0.1, 0.15) is 16.2 Å². The molecule has 0 aliphatic rings. The summed E-state index contributed by atoms with van der Waals surface area (Å²) >= 11 is 3.34. The first kappa shape index (κ1) is 17.9. The van der Waals surface area contributed by atoms with E-state index in [9.17, 15) is 4.79 Å². The van der Waals surface area contributed by atoms with Gasteiger partial charge in [-0.25, -0.2) is 9.97 Å². The average molecular weight is 372 g/mol. The number of aryl methyl sites for hydroxylation is 2. The van der Waals surface area contributed by atoms with Gasteiger partial charge in [0.15, 0.2) is 0 Å². The van der Waals surface area contributed by atoms with E-state index in [0.29, 0.717) is 13.0 Å². The Morgan fingerprint density at radius 2 is 1.96 bits per heavy atom. The molecule has 4 nitrogen and oxygen atoms in total. The van der Waals surface area contributed by atoms with E-state index >= 15 is 0 Å². The Labute approximate surface area is 156 Å². The normalized spacial score (nSPS) is 11.0. The lowest BCUT2D eigenvalue weighted by Crippen LogP contribution is -2.26. The molecule has 130 valence electrons. The summed E-state index contributed by atoms with van der Waals surface area (Å²) in [6.45, 7) is 4.86. The van der Waals surface area contributed by atoms with Gasteiger partial charge in [0.05, 0.1) is 0 Å². The number of hydrogen-bond acceptors (Lipinski definition) is 5. The number of carbonyl (C=O) groups excluding carboxylic acids is 1. The van der Waals surface area contributed by atoms with Crippen LogP contribution in [0.1, 0.15) is 22.4 Å². The van der Waals surface area contributed by atoms with Crippen LogP contribution in [-0.2, 0) is 11.3 Å². The van der Waals surface area contributed by atoms with Crippen molar-refractivity contribution in [3.8, 4) is 0 Å². The standard InChI is InChI=1S/C19H21N3OS2/c1-13-14(2)25-19-17(13)18(20-12-21-19)24-10-9-16(23)22(3)11-15-7-5-4-6-8-15/h4-8,12H,9-11H2,1-3H3. The van der Waals surface area contributed by atoms with E-state index < -0.39 is 0 Å². The van der Waals surface area contributed by atoms with Crippen LogP contribution in [0.4, 0.5) is 0 Å². The van der Waals surface area contributed by atoms with Crippen LogP contribution < -0.4 is 0 Å². The molecule has 3 aromatic rings. The fourth-order valence-corrected chi connectivity index (χ4v) is 4.68. The van der Waals surface area contributed by atoms with E-state index in [2.05, 4.69) is 23.8 Å². The first-order valence-electron chi connectivity index (χ1n) is 8.17. The molecular formula is C19H21N3OS2. The van der Waals surface area contributed by atoms with Crippen molar-refractivity contribution in [1.29, 1.82) is 0 Å². The molecule has 0 atom stereocenters. The number of nitrogens with zero attached hydrogens (tertiary/aromatic N) is 3. The molecule has 3 rings (SSSR count). The van der Waals surface area contributed by atoms with Crippen LogP contribution in [0.2, 0.25) is 0 Å². The third-order valence-corrected chi connectivity index (χ3v) is 6.28. The molecule has 1 amide bonds. The van der Waals surface area contributed by atoms with Gasteiger partial charge >= 0.3 is 0 Å². The van der Waals surface area contributed by atoms with E-state index in [4.69, 9.17) is 0 Å². The van der Waals surface area contributed by atoms with Gasteiger partial charge in [-0.05, 0) is 25.0 Å². The first-order valence-corrected chi connectivity index (χ1v) is 9.98. The van der Waals surface area contributed by atoms with Crippen LogP contribution in [0.15, 0.2) is 41.7 Å². The number of benzene rings is 1. The summed E-state index contributed by atoms with van der Waals surface area (Å²) in [5.74, 6) is 0.873. The number of amides is 1. The summed E-state index contributed by atoms with van der Waals surface area (Å²) in [4.78, 5) is 25.2. The number of aromatic nitrogens is 2. The molecule has 0 fully saturated rings. The third kappa shape index (κ3) is 4.19. The fourth-order valence-electron chi connectivity index (χ4n) is 2.63. The quantitative estimate of drug-likeness (QED) is 0.474. The minimum atomic E-state index is 0.153. The van der Waals surface area contributed by atoms with Crippen molar-refractivity contribution in [3.63, 3.8) is 0 Å². The molecule has 2 aromatic heterocycles. The van der Waals surface area contributed by atoms with Gasteiger partial charge in [0, 0.05) is 36.0 Å². The zero-order valence-electron chi connectivity index (χ0n) is 14.7. The molecule has 0 aliphatic heterocycles. The number of fused-ring (bicyclic) bond motifs is 1. The fraction of sp³-hybridized carbons (Fsp3) is 0.316. The SMILES string of the molecule is Cc1sc2ncnc(SCCC(=O)N(C)Cc3ccccc3)c2c1C. The highest BCUT2D eigenvalue weighted by atomic mass is 32.2. The van der Waals surface area contributed by atoms with Crippen molar-refractivity contribution in [1.82, 2.24) is 14.9 Å². The molecule has 0 radical (unpaired) electrons. The Balaban J connectivity index is 1.58. The lowest BCUT2D eigenvalue weighted by Gasteiger charge is -2.17. The first-order chi connectivity index (χ1) is 12.1. The van der Waals surface area contributed by atoms with Gasteiger partial charge < -0.3 is 4.90 Å². The molecule has 0 N–H and O–H groups in total. The maximum absolute atomic E-state index is 12.4. The molecule has 0 unspecified atom stereocenters. The van der Waals surface area contributed by atoms with Crippen molar-refractivity contribution >= 4 is 39.2 Å². The predicted octanol–water partition coefficient (Wildman–Crippen LogP) is 4.45.